The van der Waals surface area contributed by atoms with Gasteiger partial charge in [-0.1, -0.05) is 45.9 Å². The molecule has 1 heterocycles. The molecule has 0 unspecified atom stereocenters. The second-order valence-corrected chi connectivity index (χ2v) is 8.12. The fourth-order valence-corrected chi connectivity index (χ4v) is 3.44. The lowest BCUT2D eigenvalue weighted by atomic mass is 9.60. The number of para-hydroxylation sites is 1. The van der Waals surface area contributed by atoms with E-state index in [0.717, 1.165) is 11.9 Å². The molecule has 0 radical (unpaired) electrons. The fraction of sp³-hybridized carbons (Fsp3) is 0.533. The number of sulfonamides is 1. The average molecular weight is 294 g/mol. The average Bonchev–Trinajstić information content (AvgIpc) is 2.32. The lowest BCUT2D eigenvalue weighted by Gasteiger charge is -2.51. The number of benzene rings is 1. The fourth-order valence-electron chi connectivity index (χ4n) is 2.78. The van der Waals surface area contributed by atoms with E-state index in [9.17, 15) is 8.42 Å². The molecule has 1 aliphatic heterocycles. The zero-order valence-corrected chi connectivity index (χ0v) is 13.7. The SMILES string of the molecule is CN1/C(=N/S(C)(=O)=O)C(C)(C)C(C)(C)c2ccccc21. The normalized spacial score (nSPS) is 22.7. The van der Waals surface area contributed by atoms with Crippen molar-refractivity contribution in [1.29, 1.82) is 0 Å². The van der Waals surface area contributed by atoms with Crippen LogP contribution in [0.3, 0.4) is 0 Å². The van der Waals surface area contributed by atoms with Gasteiger partial charge >= 0.3 is 0 Å². The van der Waals surface area contributed by atoms with E-state index in [-0.39, 0.29) is 10.8 Å². The molecule has 110 valence electrons. The van der Waals surface area contributed by atoms with Crippen LogP contribution in [0.5, 0.6) is 0 Å². The quantitative estimate of drug-likeness (QED) is 0.800. The second kappa shape index (κ2) is 4.32. The maximum Gasteiger partial charge on any atom is 0.251 e. The third-order valence-electron chi connectivity index (χ3n) is 4.63. The predicted octanol–water partition coefficient (Wildman–Crippen LogP) is 2.80. The van der Waals surface area contributed by atoms with Gasteiger partial charge in [0.1, 0.15) is 5.84 Å². The summed E-state index contributed by atoms with van der Waals surface area (Å²) >= 11 is 0. The molecule has 0 bridgehead atoms. The van der Waals surface area contributed by atoms with E-state index in [1.54, 1.807) is 0 Å². The van der Waals surface area contributed by atoms with Crippen LogP contribution >= 0.6 is 0 Å². The highest BCUT2D eigenvalue weighted by Crippen LogP contribution is 2.50. The van der Waals surface area contributed by atoms with Crippen LogP contribution in [0.4, 0.5) is 5.69 Å². The summed E-state index contributed by atoms with van der Waals surface area (Å²) in [7, 11) is -1.56. The van der Waals surface area contributed by atoms with Gasteiger partial charge in [-0.3, -0.25) is 0 Å². The number of fused-ring (bicyclic) bond motifs is 1. The maximum atomic E-state index is 11.6. The Morgan fingerprint density at radius 3 is 2.15 bits per heavy atom. The zero-order valence-electron chi connectivity index (χ0n) is 12.9. The second-order valence-electron chi connectivity index (χ2n) is 6.47. The first-order valence-electron chi connectivity index (χ1n) is 6.62. The van der Waals surface area contributed by atoms with Crippen LogP contribution in [0.2, 0.25) is 0 Å². The first-order chi connectivity index (χ1) is 8.98. The maximum absolute atomic E-state index is 11.6. The topological polar surface area (TPSA) is 49.7 Å². The summed E-state index contributed by atoms with van der Waals surface area (Å²) in [5.41, 5.74) is 1.62. The summed E-state index contributed by atoms with van der Waals surface area (Å²) in [6, 6.07) is 8.08. The number of amidine groups is 1. The highest BCUT2D eigenvalue weighted by atomic mass is 32.2. The van der Waals surface area contributed by atoms with Crippen molar-refractivity contribution in [1.82, 2.24) is 0 Å². The van der Waals surface area contributed by atoms with Crippen molar-refractivity contribution in [2.45, 2.75) is 33.1 Å². The molecule has 0 aliphatic carbocycles. The van der Waals surface area contributed by atoms with Crippen LogP contribution in [0.1, 0.15) is 33.3 Å². The van der Waals surface area contributed by atoms with Crippen LogP contribution in [0.25, 0.3) is 0 Å². The Morgan fingerprint density at radius 1 is 1.05 bits per heavy atom. The van der Waals surface area contributed by atoms with E-state index < -0.39 is 10.0 Å². The molecular formula is C15H22N2O2S. The summed E-state index contributed by atoms with van der Waals surface area (Å²) in [6.07, 6.45) is 1.14. The molecule has 0 fully saturated rings. The smallest absolute Gasteiger partial charge is 0.251 e. The van der Waals surface area contributed by atoms with Gasteiger partial charge in [-0.2, -0.15) is 0 Å². The Hall–Kier alpha value is -1.36. The van der Waals surface area contributed by atoms with Crippen LogP contribution < -0.4 is 4.90 Å². The molecule has 1 aliphatic rings. The van der Waals surface area contributed by atoms with Crippen molar-refractivity contribution in [3.63, 3.8) is 0 Å². The third-order valence-corrected chi connectivity index (χ3v) is 5.13. The van der Waals surface area contributed by atoms with Gasteiger partial charge in [0.2, 0.25) is 0 Å². The number of rotatable bonds is 1. The largest absolute Gasteiger partial charge is 0.332 e. The van der Waals surface area contributed by atoms with Crippen LogP contribution in [-0.2, 0) is 15.4 Å². The Balaban J connectivity index is 2.80. The molecule has 1 aromatic rings. The van der Waals surface area contributed by atoms with Crippen molar-refractivity contribution in [3.8, 4) is 0 Å². The lowest BCUT2D eigenvalue weighted by Crippen LogP contribution is -2.54. The molecule has 0 amide bonds. The Bertz CT molecular complexity index is 673. The van der Waals surface area contributed by atoms with Gasteiger partial charge < -0.3 is 4.90 Å². The molecular weight excluding hydrogens is 272 g/mol. The summed E-state index contributed by atoms with van der Waals surface area (Å²) in [6.45, 7) is 8.36. The summed E-state index contributed by atoms with van der Waals surface area (Å²) in [5, 5.41) is 0. The van der Waals surface area contributed by atoms with Gasteiger partial charge in [-0.05, 0) is 11.6 Å². The Morgan fingerprint density at radius 2 is 1.60 bits per heavy atom. The van der Waals surface area contributed by atoms with Gasteiger partial charge in [-0.15, -0.1) is 4.40 Å². The van der Waals surface area contributed by atoms with E-state index >= 15 is 0 Å². The van der Waals surface area contributed by atoms with Gasteiger partial charge in [0.15, 0.2) is 0 Å². The van der Waals surface area contributed by atoms with E-state index in [1.165, 1.54) is 5.56 Å². The first-order valence-corrected chi connectivity index (χ1v) is 8.47. The molecule has 20 heavy (non-hydrogen) atoms. The molecule has 0 atom stereocenters. The Labute approximate surface area is 121 Å². The number of anilines is 1. The molecule has 1 aromatic carbocycles. The number of hydrogen-bond donors (Lipinski definition) is 0. The minimum atomic E-state index is -3.43. The van der Waals surface area contributed by atoms with Gasteiger partial charge in [0.05, 0.1) is 6.26 Å². The van der Waals surface area contributed by atoms with Crippen LogP contribution in [0.15, 0.2) is 28.7 Å². The van der Waals surface area contributed by atoms with Gasteiger partial charge in [-0.25, -0.2) is 8.42 Å². The van der Waals surface area contributed by atoms with E-state index in [0.29, 0.717) is 5.84 Å². The summed E-state index contributed by atoms with van der Waals surface area (Å²) < 4.78 is 27.3. The van der Waals surface area contributed by atoms with Crippen molar-refractivity contribution in [2.24, 2.45) is 9.81 Å². The van der Waals surface area contributed by atoms with Gasteiger partial charge in [0, 0.05) is 23.6 Å². The minimum absolute atomic E-state index is 0.209. The first kappa shape index (κ1) is 15.0. The van der Waals surface area contributed by atoms with Crippen molar-refractivity contribution in [3.05, 3.63) is 29.8 Å². The van der Waals surface area contributed by atoms with E-state index in [2.05, 4.69) is 24.3 Å². The predicted molar refractivity (Wildman–Crippen MR) is 83.9 cm³/mol. The molecule has 0 spiro atoms. The van der Waals surface area contributed by atoms with Crippen molar-refractivity contribution < 1.29 is 8.42 Å². The molecule has 2 rings (SSSR count). The Kier molecular flexibility index (Phi) is 3.25. The molecule has 4 nitrogen and oxygen atoms in total. The van der Waals surface area contributed by atoms with Gasteiger partial charge in [0.25, 0.3) is 10.0 Å². The third kappa shape index (κ3) is 2.14. The standard InChI is InChI=1S/C15H22N2O2S/c1-14(2)11-9-7-8-10-12(11)17(5)13(15(14,3)4)16-20(6,18)19/h7-10H,1-6H3/b16-13+. The highest BCUT2D eigenvalue weighted by molar-refractivity contribution is 7.89. The van der Waals surface area contributed by atoms with E-state index in [1.807, 2.05) is 44.0 Å². The molecule has 0 saturated heterocycles. The molecule has 0 N–H and O–H groups in total. The number of hydrogen-bond acceptors (Lipinski definition) is 2. The van der Waals surface area contributed by atoms with Crippen LogP contribution in [-0.4, -0.2) is 27.6 Å². The molecule has 5 heteroatoms. The highest BCUT2D eigenvalue weighted by Gasteiger charge is 2.49. The lowest BCUT2D eigenvalue weighted by molar-refractivity contribution is 0.285. The van der Waals surface area contributed by atoms with Crippen molar-refractivity contribution >= 4 is 21.5 Å². The minimum Gasteiger partial charge on any atom is -0.332 e. The van der Waals surface area contributed by atoms with Crippen LogP contribution in [0, 0.1) is 5.41 Å². The molecule has 0 aromatic heterocycles. The number of nitrogens with zero attached hydrogens (tertiary/aromatic N) is 2. The zero-order chi connectivity index (χ0) is 15.3. The molecule has 0 saturated carbocycles. The van der Waals surface area contributed by atoms with Crippen molar-refractivity contribution in [2.75, 3.05) is 18.2 Å². The summed E-state index contributed by atoms with van der Waals surface area (Å²) in [4.78, 5) is 1.89. The summed E-state index contributed by atoms with van der Waals surface area (Å²) in [5.74, 6) is 0.587. The monoisotopic (exact) mass is 294 g/mol. The van der Waals surface area contributed by atoms with E-state index in [4.69, 9.17) is 0 Å².